The van der Waals surface area contributed by atoms with Gasteiger partial charge >= 0.3 is 0 Å². The maximum absolute atomic E-state index is 4.76. The third kappa shape index (κ3) is 7.84. The molecule has 0 saturated carbocycles. The van der Waals surface area contributed by atoms with Crippen molar-refractivity contribution in [2.45, 2.75) is 0 Å². The molecule has 0 unspecified atom stereocenters. The lowest BCUT2D eigenvalue weighted by atomic mass is 11.3. The van der Waals surface area contributed by atoms with Gasteiger partial charge in [0.2, 0.25) is 0 Å². The summed E-state index contributed by atoms with van der Waals surface area (Å²) in [6.45, 7) is 0.717. The number of methoxy groups -OCH3 is 2. The summed E-state index contributed by atoms with van der Waals surface area (Å²) in [6.07, 6.45) is 0. The Hall–Kier alpha value is -0.160. The molecule has 0 amide bonds. The molecule has 0 atom stereocenters. The second-order valence-corrected chi connectivity index (χ2v) is 1.34. The van der Waals surface area contributed by atoms with E-state index in [-0.39, 0.29) is 20.4 Å². The molecular formula is C5H12O4. The summed E-state index contributed by atoms with van der Waals surface area (Å²) >= 11 is 0. The van der Waals surface area contributed by atoms with E-state index in [1.807, 2.05) is 0 Å². The minimum absolute atomic E-state index is 0.210. The van der Waals surface area contributed by atoms with Crippen molar-refractivity contribution in [2.75, 3.05) is 34.6 Å². The van der Waals surface area contributed by atoms with Crippen molar-refractivity contribution in [3.05, 3.63) is 0 Å². The summed E-state index contributed by atoms with van der Waals surface area (Å²) in [5.41, 5.74) is 0. The van der Waals surface area contributed by atoms with E-state index in [0.717, 1.165) is 0 Å². The fourth-order valence-electron chi connectivity index (χ4n) is 0.294. The largest absolute Gasteiger partial charge is 0.359 e. The summed E-state index contributed by atoms with van der Waals surface area (Å²) in [7, 11) is 3.10. The van der Waals surface area contributed by atoms with Gasteiger partial charge in [0.05, 0.1) is 0 Å². The van der Waals surface area contributed by atoms with Crippen LogP contribution in [-0.2, 0) is 18.9 Å². The lowest BCUT2D eigenvalue weighted by Gasteiger charge is -2.01. The van der Waals surface area contributed by atoms with Gasteiger partial charge in [0.25, 0.3) is 0 Å². The van der Waals surface area contributed by atoms with Gasteiger partial charge in [-0.05, 0) is 0 Å². The van der Waals surface area contributed by atoms with Crippen LogP contribution in [0.5, 0.6) is 0 Å². The first-order valence-corrected chi connectivity index (χ1v) is 2.55. The van der Waals surface area contributed by atoms with Crippen LogP contribution in [0.4, 0.5) is 0 Å². The van der Waals surface area contributed by atoms with E-state index in [2.05, 4.69) is 9.47 Å². The molecular weight excluding hydrogens is 124 g/mol. The second-order valence-electron chi connectivity index (χ2n) is 1.34. The van der Waals surface area contributed by atoms with Gasteiger partial charge in [-0.15, -0.1) is 0 Å². The number of rotatable bonds is 6. The van der Waals surface area contributed by atoms with E-state index in [1.165, 1.54) is 0 Å². The van der Waals surface area contributed by atoms with E-state index in [4.69, 9.17) is 9.47 Å². The Morgan fingerprint density at radius 3 is 1.56 bits per heavy atom. The molecule has 4 heteroatoms. The highest BCUT2D eigenvalue weighted by molar-refractivity contribution is 4.00. The molecule has 0 radical (unpaired) electrons. The first kappa shape index (κ1) is 8.84. The van der Waals surface area contributed by atoms with Crippen LogP contribution >= 0.6 is 0 Å². The zero-order valence-electron chi connectivity index (χ0n) is 5.75. The van der Waals surface area contributed by atoms with Crippen molar-refractivity contribution in [1.29, 1.82) is 0 Å². The van der Waals surface area contributed by atoms with Crippen LogP contribution in [0.1, 0.15) is 0 Å². The second kappa shape index (κ2) is 7.84. The topological polar surface area (TPSA) is 36.9 Å². The van der Waals surface area contributed by atoms with Crippen LogP contribution in [-0.4, -0.2) is 34.6 Å². The molecule has 0 aliphatic rings. The molecule has 0 N–H and O–H groups in total. The number of hydrogen-bond donors (Lipinski definition) is 0. The molecule has 56 valence electrons. The quantitative estimate of drug-likeness (QED) is 0.385. The molecule has 0 aromatic rings. The molecule has 0 heterocycles. The summed E-state index contributed by atoms with van der Waals surface area (Å²) in [5, 5.41) is 0. The predicted octanol–water partition coefficient (Wildman–Crippen LogP) is 0.185. The third-order valence-corrected chi connectivity index (χ3v) is 0.569. The van der Waals surface area contributed by atoms with Crippen molar-refractivity contribution in [2.24, 2.45) is 0 Å². The fourth-order valence-corrected chi connectivity index (χ4v) is 0.294. The van der Waals surface area contributed by atoms with Gasteiger partial charge in [-0.2, -0.15) is 0 Å². The average Bonchev–Trinajstić information content (AvgIpc) is 1.89. The SMILES string of the molecule is COCOCOCOC. The Bertz CT molecular complexity index is 42.2. The summed E-state index contributed by atoms with van der Waals surface area (Å²) in [6, 6.07) is 0. The summed E-state index contributed by atoms with van der Waals surface area (Å²) in [5.74, 6) is 0. The minimum Gasteiger partial charge on any atom is -0.359 e. The zero-order valence-corrected chi connectivity index (χ0v) is 5.75. The minimum atomic E-state index is 0.210. The standard InChI is InChI=1S/C5H12O4/c1-6-3-8-5-9-4-7-2/h3-5H2,1-2H3. The molecule has 0 aromatic heterocycles. The summed E-state index contributed by atoms with van der Waals surface area (Å²) < 4.78 is 18.7. The molecule has 9 heavy (non-hydrogen) atoms. The molecule has 0 bridgehead atoms. The Kier molecular flexibility index (Phi) is 7.70. The first-order valence-electron chi connectivity index (χ1n) is 2.55. The van der Waals surface area contributed by atoms with Crippen molar-refractivity contribution in [3.8, 4) is 0 Å². The van der Waals surface area contributed by atoms with E-state index >= 15 is 0 Å². The van der Waals surface area contributed by atoms with Gasteiger partial charge in [-0.3, -0.25) is 0 Å². The Morgan fingerprint density at radius 2 is 1.22 bits per heavy atom. The van der Waals surface area contributed by atoms with Gasteiger partial charge in [-0.25, -0.2) is 0 Å². The first-order chi connectivity index (χ1) is 4.41. The maximum Gasteiger partial charge on any atom is 0.152 e. The van der Waals surface area contributed by atoms with Gasteiger partial charge in [0, 0.05) is 14.2 Å². The Morgan fingerprint density at radius 1 is 0.778 bits per heavy atom. The van der Waals surface area contributed by atoms with Gasteiger partial charge < -0.3 is 18.9 Å². The van der Waals surface area contributed by atoms with E-state index in [0.29, 0.717) is 0 Å². The van der Waals surface area contributed by atoms with E-state index < -0.39 is 0 Å². The van der Waals surface area contributed by atoms with Crippen LogP contribution in [0.15, 0.2) is 0 Å². The smallest absolute Gasteiger partial charge is 0.152 e. The molecule has 0 aliphatic carbocycles. The maximum atomic E-state index is 4.76. The lowest BCUT2D eigenvalue weighted by molar-refractivity contribution is -0.157. The Balaban J connectivity index is 2.60. The summed E-state index contributed by atoms with van der Waals surface area (Å²) in [4.78, 5) is 0. The molecule has 0 fully saturated rings. The van der Waals surface area contributed by atoms with E-state index in [9.17, 15) is 0 Å². The molecule has 4 nitrogen and oxygen atoms in total. The van der Waals surface area contributed by atoms with Crippen LogP contribution in [0, 0.1) is 0 Å². The highest BCUT2D eigenvalue weighted by Gasteiger charge is 1.82. The molecule has 0 aliphatic heterocycles. The van der Waals surface area contributed by atoms with Crippen molar-refractivity contribution in [3.63, 3.8) is 0 Å². The Labute approximate surface area is 54.7 Å². The van der Waals surface area contributed by atoms with Crippen molar-refractivity contribution >= 4 is 0 Å². The van der Waals surface area contributed by atoms with Crippen molar-refractivity contribution < 1.29 is 18.9 Å². The molecule has 0 rings (SSSR count). The fraction of sp³-hybridized carbons (Fsp3) is 1.00. The van der Waals surface area contributed by atoms with Crippen LogP contribution in [0.2, 0.25) is 0 Å². The highest BCUT2D eigenvalue weighted by atomic mass is 16.8. The number of hydrogen-bond acceptors (Lipinski definition) is 4. The average molecular weight is 136 g/mol. The number of ether oxygens (including phenoxy) is 4. The van der Waals surface area contributed by atoms with Gasteiger partial charge in [-0.1, -0.05) is 0 Å². The van der Waals surface area contributed by atoms with Crippen LogP contribution in [0.3, 0.4) is 0 Å². The monoisotopic (exact) mass is 136 g/mol. The molecule has 0 spiro atoms. The van der Waals surface area contributed by atoms with Crippen molar-refractivity contribution in [1.82, 2.24) is 0 Å². The zero-order chi connectivity index (χ0) is 6.95. The van der Waals surface area contributed by atoms with E-state index in [1.54, 1.807) is 14.2 Å². The highest BCUT2D eigenvalue weighted by Crippen LogP contribution is 1.77. The molecule has 0 aromatic carbocycles. The van der Waals surface area contributed by atoms with Gasteiger partial charge in [0.15, 0.2) is 6.79 Å². The third-order valence-electron chi connectivity index (χ3n) is 0.569. The lowest BCUT2D eigenvalue weighted by Crippen LogP contribution is -2.04. The molecule has 0 saturated heterocycles. The predicted molar refractivity (Wildman–Crippen MR) is 30.8 cm³/mol. The van der Waals surface area contributed by atoms with Crippen LogP contribution < -0.4 is 0 Å². The normalized spacial score (nSPS) is 10.0. The van der Waals surface area contributed by atoms with Gasteiger partial charge in [0.1, 0.15) is 13.6 Å². The van der Waals surface area contributed by atoms with Crippen LogP contribution in [0.25, 0.3) is 0 Å².